The Kier molecular flexibility index (Phi) is 3.31. The fraction of sp³-hybridized carbons (Fsp3) is 0.133. The first-order chi connectivity index (χ1) is 10.1. The summed E-state index contributed by atoms with van der Waals surface area (Å²) in [5.74, 6) is -0.544. The molecule has 0 aliphatic carbocycles. The lowest BCUT2D eigenvalue weighted by Gasteiger charge is -2.01. The fourth-order valence-electron chi connectivity index (χ4n) is 2.19. The minimum Gasteiger partial charge on any atom is -0.312 e. The van der Waals surface area contributed by atoms with Crippen LogP contribution in [0.5, 0.6) is 0 Å². The van der Waals surface area contributed by atoms with Crippen LogP contribution >= 0.6 is 11.3 Å². The van der Waals surface area contributed by atoms with Crippen molar-refractivity contribution < 1.29 is 9.63 Å². The summed E-state index contributed by atoms with van der Waals surface area (Å²) in [7, 11) is 0. The van der Waals surface area contributed by atoms with Crippen LogP contribution in [0.4, 0.5) is 0 Å². The Labute approximate surface area is 124 Å². The normalized spacial score (nSPS) is 16.8. The van der Waals surface area contributed by atoms with Crippen LogP contribution in [0.15, 0.2) is 40.3 Å². The second kappa shape index (κ2) is 5.14. The van der Waals surface area contributed by atoms with Crippen molar-refractivity contribution in [2.75, 3.05) is 0 Å². The third kappa shape index (κ3) is 2.13. The Morgan fingerprint density at radius 3 is 2.67 bits per heavy atom. The molecule has 0 radical (unpaired) electrons. The molecule has 0 saturated carbocycles. The fourth-order valence-corrected chi connectivity index (χ4v) is 3.22. The molecule has 0 fully saturated rings. The van der Waals surface area contributed by atoms with Gasteiger partial charge < -0.3 is 4.84 Å². The summed E-state index contributed by atoms with van der Waals surface area (Å²) in [5.41, 5.74) is 1.36. The number of thiazole rings is 1. The number of oxime groups is 1. The predicted octanol–water partition coefficient (Wildman–Crippen LogP) is 0.452. The zero-order chi connectivity index (χ0) is 15.0. The van der Waals surface area contributed by atoms with Crippen LogP contribution in [0.2, 0.25) is 0 Å². The lowest BCUT2D eigenvalue weighted by molar-refractivity contribution is -0.135. The number of hydrogen-bond donors (Lipinski definition) is 0. The van der Waals surface area contributed by atoms with Gasteiger partial charge in [0, 0.05) is 12.1 Å². The molecule has 1 aliphatic heterocycles. The largest absolute Gasteiger partial charge is 0.371 e. The Balaban J connectivity index is 2.35. The maximum Gasteiger partial charge on any atom is 0.371 e. The Hall–Kier alpha value is -2.47. The molecular formula is C15H12N2O3S. The number of nitrogens with zero attached hydrogens (tertiary/aromatic N) is 2. The molecule has 106 valence electrons. The zero-order valence-corrected chi connectivity index (χ0v) is 12.1. The molecule has 0 bridgehead atoms. The topological polar surface area (TPSA) is 60.7 Å². The monoisotopic (exact) mass is 300 g/mol. The molecule has 3 rings (SSSR count). The number of carbonyl (C=O) groups is 1. The van der Waals surface area contributed by atoms with Crippen LogP contribution in [0.25, 0.3) is 12.2 Å². The van der Waals surface area contributed by atoms with E-state index in [0.717, 1.165) is 5.56 Å². The van der Waals surface area contributed by atoms with Crippen molar-refractivity contribution in [2.45, 2.75) is 13.5 Å². The van der Waals surface area contributed by atoms with Crippen molar-refractivity contribution in [3.05, 3.63) is 55.4 Å². The molecule has 1 aromatic carbocycles. The highest BCUT2D eigenvalue weighted by Gasteiger charge is 2.29. The number of rotatable bonds is 2. The van der Waals surface area contributed by atoms with Gasteiger partial charge in [0.25, 0.3) is 5.56 Å². The van der Waals surface area contributed by atoms with Crippen molar-refractivity contribution in [2.24, 2.45) is 5.16 Å². The van der Waals surface area contributed by atoms with Crippen LogP contribution in [-0.4, -0.2) is 16.2 Å². The summed E-state index contributed by atoms with van der Waals surface area (Å²) < 4.78 is 2.46. The van der Waals surface area contributed by atoms with E-state index in [1.54, 1.807) is 0 Å². The number of benzene rings is 1. The summed E-state index contributed by atoms with van der Waals surface area (Å²) >= 11 is 1.19. The smallest absolute Gasteiger partial charge is 0.312 e. The Bertz CT molecular complexity index is 907. The number of aromatic nitrogens is 1. The van der Waals surface area contributed by atoms with Crippen molar-refractivity contribution >= 4 is 35.2 Å². The van der Waals surface area contributed by atoms with Gasteiger partial charge in [0.2, 0.25) is 0 Å². The van der Waals surface area contributed by atoms with Gasteiger partial charge in [-0.2, -0.15) is 0 Å². The predicted molar refractivity (Wildman–Crippen MR) is 81.5 cm³/mol. The summed E-state index contributed by atoms with van der Waals surface area (Å²) in [6.07, 6.45) is 0. The summed E-state index contributed by atoms with van der Waals surface area (Å²) in [6.45, 7) is 6.03. The highest BCUT2D eigenvalue weighted by atomic mass is 32.1. The lowest BCUT2D eigenvalue weighted by atomic mass is 10.0. The molecule has 0 spiro atoms. The quantitative estimate of drug-likeness (QED) is 0.757. The van der Waals surface area contributed by atoms with E-state index in [-0.39, 0.29) is 5.56 Å². The van der Waals surface area contributed by atoms with Crippen molar-refractivity contribution in [1.29, 1.82) is 0 Å². The third-order valence-electron chi connectivity index (χ3n) is 3.19. The van der Waals surface area contributed by atoms with Crippen LogP contribution < -0.4 is 14.8 Å². The van der Waals surface area contributed by atoms with Crippen molar-refractivity contribution in [1.82, 2.24) is 4.57 Å². The first-order valence-corrected chi connectivity index (χ1v) is 7.23. The van der Waals surface area contributed by atoms with E-state index in [1.807, 2.05) is 37.3 Å². The molecule has 2 aromatic rings. The van der Waals surface area contributed by atoms with Crippen LogP contribution in [0.1, 0.15) is 12.5 Å². The molecule has 1 aromatic heterocycles. The van der Waals surface area contributed by atoms with E-state index >= 15 is 0 Å². The van der Waals surface area contributed by atoms with E-state index in [9.17, 15) is 9.59 Å². The van der Waals surface area contributed by atoms with Crippen LogP contribution in [0, 0.1) is 0 Å². The van der Waals surface area contributed by atoms with Gasteiger partial charge in [0.05, 0.1) is 4.53 Å². The first-order valence-electron chi connectivity index (χ1n) is 6.41. The number of carbonyl (C=O) groups excluding carboxylic acids is 1. The molecule has 0 saturated heterocycles. The highest BCUT2D eigenvalue weighted by Crippen LogP contribution is 2.17. The third-order valence-corrected chi connectivity index (χ3v) is 4.23. The second-order valence-corrected chi connectivity index (χ2v) is 5.52. The van der Waals surface area contributed by atoms with Gasteiger partial charge in [-0.3, -0.25) is 9.36 Å². The van der Waals surface area contributed by atoms with Crippen LogP contribution in [-0.2, 0) is 16.2 Å². The zero-order valence-electron chi connectivity index (χ0n) is 11.3. The first kappa shape index (κ1) is 13.5. The van der Waals surface area contributed by atoms with Gasteiger partial charge in [-0.15, -0.1) is 11.3 Å². The number of hydrogen-bond acceptors (Lipinski definition) is 5. The summed E-state index contributed by atoms with van der Waals surface area (Å²) in [5, 5.41) is 3.86. The van der Waals surface area contributed by atoms with Gasteiger partial charge in [-0.25, -0.2) is 4.79 Å². The van der Waals surface area contributed by atoms with E-state index in [2.05, 4.69) is 11.7 Å². The standard InChI is InChI=1S/C15H12N2O3S/c1-3-17-13(18)9(2)21-14(17)11-12(16-20-15(11)19)10-7-5-4-6-8-10/h4-8H,2-3H2,1H3/b14-11+. The molecule has 0 N–H and O–H groups in total. The van der Waals surface area contributed by atoms with E-state index in [0.29, 0.717) is 27.0 Å². The average Bonchev–Trinajstić information content (AvgIpc) is 3.01. The second-order valence-electron chi connectivity index (χ2n) is 4.44. The van der Waals surface area contributed by atoms with Gasteiger partial charge in [0.1, 0.15) is 15.9 Å². The van der Waals surface area contributed by atoms with E-state index in [1.165, 1.54) is 15.9 Å². The highest BCUT2D eigenvalue weighted by molar-refractivity contribution is 7.07. The molecule has 1 aliphatic rings. The molecule has 0 amide bonds. The molecule has 5 nitrogen and oxygen atoms in total. The molecule has 2 heterocycles. The van der Waals surface area contributed by atoms with Crippen molar-refractivity contribution in [3.63, 3.8) is 0 Å². The Morgan fingerprint density at radius 1 is 1.29 bits per heavy atom. The van der Waals surface area contributed by atoms with Crippen molar-refractivity contribution in [3.8, 4) is 0 Å². The maximum atomic E-state index is 12.0. The van der Waals surface area contributed by atoms with Gasteiger partial charge in [-0.05, 0) is 6.92 Å². The minimum atomic E-state index is -0.544. The van der Waals surface area contributed by atoms with Gasteiger partial charge in [0.15, 0.2) is 0 Å². The van der Waals surface area contributed by atoms with Gasteiger partial charge in [-0.1, -0.05) is 42.1 Å². The van der Waals surface area contributed by atoms with E-state index < -0.39 is 5.97 Å². The minimum absolute atomic E-state index is 0.183. The SMILES string of the molecule is C=c1s/c(=C2/C(=O)ON=C2c2ccccc2)n(CC)c1=O. The average molecular weight is 300 g/mol. The molecule has 0 unspecified atom stereocenters. The molecular weight excluding hydrogens is 288 g/mol. The van der Waals surface area contributed by atoms with Crippen LogP contribution in [0.3, 0.4) is 0 Å². The molecule has 0 atom stereocenters. The Morgan fingerprint density at radius 2 is 2.00 bits per heavy atom. The summed E-state index contributed by atoms with van der Waals surface area (Å²) in [4.78, 5) is 28.9. The maximum absolute atomic E-state index is 12.0. The van der Waals surface area contributed by atoms with Gasteiger partial charge >= 0.3 is 5.97 Å². The van der Waals surface area contributed by atoms with E-state index in [4.69, 9.17) is 4.84 Å². The summed E-state index contributed by atoms with van der Waals surface area (Å²) in [6, 6.07) is 9.27. The lowest BCUT2D eigenvalue weighted by Crippen LogP contribution is -2.32. The molecule has 6 heteroatoms. The molecule has 21 heavy (non-hydrogen) atoms.